The summed E-state index contributed by atoms with van der Waals surface area (Å²) >= 11 is 0. The van der Waals surface area contributed by atoms with Gasteiger partial charge in [0, 0.05) is 5.57 Å². The summed E-state index contributed by atoms with van der Waals surface area (Å²) < 4.78 is 5.52. The Morgan fingerprint density at radius 3 is 2.10 bits per heavy atom. The molecule has 1 atom stereocenters. The van der Waals surface area contributed by atoms with Gasteiger partial charge in [-0.25, -0.2) is 4.79 Å². The molecule has 0 saturated carbocycles. The van der Waals surface area contributed by atoms with Crippen molar-refractivity contribution in [3.63, 3.8) is 0 Å². The van der Waals surface area contributed by atoms with E-state index < -0.39 is 0 Å². The van der Waals surface area contributed by atoms with Crippen LogP contribution in [0.3, 0.4) is 0 Å². The Hall–Kier alpha value is -0.830. The van der Waals surface area contributed by atoms with Gasteiger partial charge < -0.3 is 4.74 Å². The van der Waals surface area contributed by atoms with Gasteiger partial charge in [-0.3, -0.25) is 4.90 Å². The van der Waals surface area contributed by atoms with Gasteiger partial charge in [-0.15, -0.1) is 0 Å². The summed E-state index contributed by atoms with van der Waals surface area (Å²) in [5.74, 6) is -0.269. The third-order valence-corrected chi connectivity index (χ3v) is 3.97. The number of carbonyl (C=O) groups is 1. The normalized spacial score (nSPS) is 14.1. The molecular formula is C17H33NO2. The molecule has 0 radical (unpaired) electrons. The summed E-state index contributed by atoms with van der Waals surface area (Å²) in [7, 11) is 0. The fraction of sp³-hybridized carbons (Fsp3) is 0.824. The molecule has 0 N–H and O–H groups in total. The molecule has 0 saturated heterocycles. The van der Waals surface area contributed by atoms with Crippen molar-refractivity contribution < 1.29 is 9.53 Å². The number of hydrogen-bond acceptors (Lipinski definition) is 3. The molecule has 118 valence electrons. The molecule has 0 aromatic carbocycles. The van der Waals surface area contributed by atoms with Crippen LogP contribution in [0.2, 0.25) is 0 Å². The molecule has 0 aliphatic heterocycles. The first-order valence-electron chi connectivity index (χ1n) is 8.05. The van der Waals surface area contributed by atoms with Gasteiger partial charge >= 0.3 is 5.97 Å². The van der Waals surface area contributed by atoms with E-state index in [0.717, 1.165) is 32.4 Å². The van der Waals surface area contributed by atoms with Gasteiger partial charge in [0.25, 0.3) is 0 Å². The monoisotopic (exact) mass is 283 g/mol. The smallest absolute Gasteiger partial charge is 0.333 e. The summed E-state index contributed by atoms with van der Waals surface area (Å²) in [5.41, 5.74) is 0.463. The Bertz CT molecular complexity index is 297. The van der Waals surface area contributed by atoms with Crippen molar-refractivity contribution in [2.24, 2.45) is 0 Å². The molecule has 0 heterocycles. The molecule has 0 amide bonds. The summed E-state index contributed by atoms with van der Waals surface area (Å²) in [6.07, 6.45) is 5.59. The predicted octanol–water partition coefficient (Wildman–Crippen LogP) is 4.18. The zero-order valence-corrected chi connectivity index (χ0v) is 14.1. The summed E-state index contributed by atoms with van der Waals surface area (Å²) in [4.78, 5) is 14.2. The number of likely N-dealkylation sites (N-methyl/N-ethyl adjacent to an activating group) is 1. The fourth-order valence-electron chi connectivity index (χ4n) is 2.87. The second-order valence-corrected chi connectivity index (χ2v) is 5.61. The molecular weight excluding hydrogens is 250 g/mol. The topological polar surface area (TPSA) is 29.5 Å². The van der Waals surface area contributed by atoms with Crippen molar-refractivity contribution in [3.05, 3.63) is 12.2 Å². The maximum atomic E-state index is 11.7. The lowest BCUT2D eigenvalue weighted by molar-refractivity contribution is -0.144. The first-order valence-corrected chi connectivity index (χ1v) is 8.05. The van der Waals surface area contributed by atoms with E-state index in [1.807, 2.05) is 0 Å². The highest BCUT2D eigenvalue weighted by atomic mass is 16.5. The van der Waals surface area contributed by atoms with Crippen LogP contribution in [-0.2, 0) is 9.53 Å². The van der Waals surface area contributed by atoms with Crippen LogP contribution < -0.4 is 0 Å². The third kappa shape index (κ3) is 5.66. The number of nitrogens with zero attached hydrogens (tertiary/aromatic N) is 1. The summed E-state index contributed by atoms with van der Waals surface area (Å²) in [6, 6.07) is 0. The van der Waals surface area contributed by atoms with Gasteiger partial charge in [-0.05, 0) is 32.9 Å². The van der Waals surface area contributed by atoms with Crippen molar-refractivity contribution in [1.29, 1.82) is 0 Å². The van der Waals surface area contributed by atoms with E-state index in [0.29, 0.717) is 12.2 Å². The zero-order chi connectivity index (χ0) is 15.6. The number of unbranched alkanes of at least 4 members (excludes halogenated alkanes) is 1. The Balaban J connectivity index is 5.04. The molecule has 0 bridgehead atoms. The van der Waals surface area contributed by atoms with Crippen molar-refractivity contribution in [3.8, 4) is 0 Å². The fourth-order valence-corrected chi connectivity index (χ4v) is 2.87. The lowest BCUT2D eigenvalue weighted by atomic mass is 9.86. The Labute approximate surface area is 125 Å². The van der Waals surface area contributed by atoms with Gasteiger partial charge in [0.2, 0.25) is 0 Å². The first kappa shape index (κ1) is 19.2. The van der Waals surface area contributed by atoms with Crippen LogP contribution >= 0.6 is 0 Å². The quantitative estimate of drug-likeness (QED) is 0.421. The highest BCUT2D eigenvalue weighted by Gasteiger charge is 2.35. The molecule has 0 rings (SSSR count). The lowest BCUT2D eigenvalue weighted by Crippen LogP contribution is -2.52. The van der Waals surface area contributed by atoms with Gasteiger partial charge in [0.1, 0.15) is 6.61 Å². The van der Waals surface area contributed by atoms with E-state index in [1.165, 1.54) is 12.8 Å². The second kappa shape index (κ2) is 9.98. The molecule has 0 fully saturated rings. The van der Waals surface area contributed by atoms with Crippen LogP contribution in [0.25, 0.3) is 0 Å². The molecule has 0 spiro atoms. The van der Waals surface area contributed by atoms with Crippen LogP contribution in [0.15, 0.2) is 12.2 Å². The predicted molar refractivity (Wildman–Crippen MR) is 85.9 cm³/mol. The minimum absolute atomic E-state index is 0.0145. The van der Waals surface area contributed by atoms with E-state index in [1.54, 1.807) is 6.92 Å². The summed E-state index contributed by atoms with van der Waals surface area (Å²) in [5, 5.41) is 0. The molecule has 20 heavy (non-hydrogen) atoms. The molecule has 1 unspecified atom stereocenters. The largest absolute Gasteiger partial charge is 0.460 e. The van der Waals surface area contributed by atoms with Crippen molar-refractivity contribution in [1.82, 2.24) is 4.90 Å². The molecule has 3 heteroatoms. The average molecular weight is 283 g/mol. The molecule has 0 aliphatic rings. The van der Waals surface area contributed by atoms with Crippen molar-refractivity contribution in [2.75, 3.05) is 19.7 Å². The first-order chi connectivity index (χ1) is 9.47. The Morgan fingerprint density at radius 1 is 1.10 bits per heavy atom. The van der Waals surface area contributed by atoms with Gasteiger partial charge in [0.05, 0.1) is 5.54 Å². The third-order valence-electron chi connectivity index (χ3n) is 3.97. The van der Waals surface area contributed by atoms with Crippen LogP contribution in [0.1, 0.15) is 66.7 Å². The highest BCUT2D eigenvalue weighted by Crippen LogP contribution is 2.29. The van der Waals surface area contributed by atoms with Crippen LogP contribution in [0.4, 0.5) is 0 Å². The standard InChI is InChI=1S/C17H33NO2/c1-7-11-13-17(12-8-2,18(9-3)10-4)14-20-16(19)15(5)6/h5,7-14H2,1-4,6H3. The zero-order valence-electron chi connectivity index (χ0n) is 14.1. The van der Waals surface area contributed by atoms with Gasteiger partial charge in [0.15, 0.2) is 0 Å². The number of carbonyl (C=O) groups excluding carboxylic acids is 1. The van der Waals surface area contributed by atoms with E-state index in [4.69, 9.17) is 4.74 Å². The molecule has 0 aromatic rings. The number of esters is 1. The highest BCUT2D eigenvalue weighted by molar-refractivity contribution is 5.86. The average Bonchev–Trinajstić information content (AvgIpc) is 2.43. The molecule has 0 aromatic heterocycles. The van der Waals surface area contributed by atoms with Crippen molar-refractivity contribution in [2.45, 2.75) is 72.3 Å². The van der Waals surface area contributed by atoms with E-state index >= 15 is 0 Å². The molecule has 0 aliphatic carbocycles. The van der Waals surface area contributed by atoms with Crippen molar-refractivity contribution >= 4 is 5.97 Å². The molecule has 3 nitrogen and oxygen atoms in total. The van der Waals surface area contributed by atoms with E-state index in [2.05, 4.69) is 39.2 Å². The number of hydrogen-bond donors (Lipinski definition) is 0. The maximum absolute atomic E-state index is 11.7. The van der Waals surface area contributed by atoms with Gasteiger partial charge in [-0.1, -0.05) is 53.5 Å². The van der Waals surface area contributed by atoms with Crippen LogP contribution in [0.5, 0.6) is 0 Å². The SMILES string of the molecule is C=C(C)C(=O)OCC(CCC)(CCCC)N(CC)CC. The van der Waals surface area contributed by atoms with Gasteiger partial charge in [-0.2, -0.15) is 0 Å². The minimum Gasteiger partial charge on any atom is -0.460 e. The Morgan fingerprint density at radius 2 is 1.70 bits per heavy atom. The number of rotatable bonds is 11. The lowest BCUT2D eigenvalue weighted by Gasteiger charge is -2.43. The second-order valence-electron chi connectivity index (χ2n) is 5.61. The Kier molecular flexibility index (Phi) is 9.56. The van der Waals surface area contributed by atoms with Crippen LogP contribution in [0, 0.1) is 0 Å². The summed E-state index contributed by atoms with van der Waals surface area (Å²) in [6.45, 7) is 16.6. The number of ether oxygens (including phenoxy) is 1. The maximum Gasteiger partial charge on any atom is 0.333 e. The minimum atomic E-state index is -0.269. The van der Waals surface area contributed by atoms with E-state index in [9.17, 15) is 4.79 Å². The van der Waals surface area contributed by atoms with Crippen LogP contribution in [-0.4, -0.2) is 36.1 Å². The van der Waals surface area contributed by atoms with E-state index in [-0.39, 0.29) is 11.5 Å².